The predicted molar refractivity (Wildman–Crippen MR) is 126 cm³/mol. The molecule has 1 atom stereocenters. The van der Waals surface area contributed by atoms with Crippen LogP contribution in [0.1, 0.15) is 50.0 Å². The van der Waals surface area contributed by atoms with E-state index < -0.39 is 17.6 Å². The molecule has 0 bridgehead atoms. The number of fused-ring (bicyclic) bond motifs is 1. The SMILES string of the molecule is C=C(N=C1/C(=C\N)n2cnnc2[C@@H](CC)N1C1CCC1)n1ccnc1-c1cc(F)cc(C(F)(F)F)c1. The lowest BCUT2D eigenvalue weighted by atomic mass is 9.88. The van der Waals surface area contributed by atoms with Gasteiger partial charge in [0.25, 0.3) is 0 Å². The molecular weight excluding hydrogens is 476 g/mol. The fourth-order valence-electron chi connectivity index (χ4n) is 4.69. The molecular formula is C24H24F4N8. The minimum absolute atomic E-state index is 0.0460. The van der Waals surface area contributed by atoms with Crippen molar-refractivity contribution in [3.8, 4) is 11.4 Å². The van der Waals surface area contributed by atoms with E-state index in [9.17, 15) is 17.6 Å². The molecule has 3 aromatic rings. The fraction of sp³-hybridized carbons (Fsp3) is 0.333. The first-order chi connectivity index (χ1) is 17.2. The second-order valence-corrected chi connectivity index (χ2v) is 8.73. The summed E-state index contributed by atoms with van der Waals surface area (Å²) in [7, 11) is 0. The quantitative estimate of drug-likeness (QED) is 0.503. The Bertz CT molecular complexity index is 1360. The Labute approximate surface area is 204 Å². The Kier molecular flexibility index (Phi) is 5.89. The molecule has 188 valence electrons. The normalized spacial score (nSPS) is 20.6. The molecule has 3 heterocycles. The van der Waals surface area contributed by atoms with Gasteiger partial charge in [-0.1, -0.05) is 13.5 Å². The molecule has 8 nitrogen and oxygen atoms in total. The maximum absolute atomic E-state index is 14.1. The number of amidine groups is 1. The summed E-state index contributed by atoms with van der Waals surface area (Å²) in [6.45, 7) is 6.11. The Balaban J connectivity index is 1.60. The van der Waals surface area contributed by atoms with Crippen molar-refractivity contribution in [3.63, 3.8) is 0 Å². The van der Waals surface area contributed by atoms with Crippen LogP contribution < -0.4 is 5.73 Å². The minimum atomic E-state index is -4.70. The molecule has 0 amide bonds. The van der Waals surface area contributed by atoms with Crippen LogP contribution in [0, 0.1) is 5.82 Å². The molecule has 0 unspecified atom stereocenters. The van der Waals surface area contributed by atoms with Gasteiger partial charge in [-0.3, -0.25) is 9.13 Å². The van der Waals surface area contributed by atoms with E-state index in [1.54, 1.807) is 10.9 Å². The van der Waals surface area contributed by atoms with Crippen LogP contribution >= 0.6 is 0 Å². The van der Waals surface area contributed by atoms with Gasteiger partial charge < -0.3 is 10.6 Å². The van der Waals surface area contributed by atoms with Crippen LogP contribution in [0.25, 0.3) is 22.9 Å². The summed E-state index contributed by atoms with van der Waals surface area (Å²) in [5.74, 6) is 0.560. The summed E-state index contributed by atoms with van der Waals surface area (Å²) in [5.41, 5.74) is 5.44. The molecule has 36 heavy (non-hydrogen) atoms. The van der Waals surface area contributed by atoms with Crippen molar-refractivity contribution < 1.29 is 17.6 Å². The van der Waals surface area contributed by atoms with Gasteiger partial charge in [0.05, 0.1) is 11.6 Å². The molecule has 0 radical (unpaired) electrons. The summed E-state index contributed by atoms with van der Waals surface area (Å²) in [4.78, 5) is 11.1. The van der Waals surface area contributed by atoms with Gasteiger partial charge in [-0.15, -0.1) is 10.2 Å². The molecule has 5 rings (SSSR count). The first kappa shape index (κ1) is 23.8. The van der Waals surface area contributed by atoms with Crippen LogP contribution in [0.15, 0.2) is 54.7 Å². The monoisotopic (exact) mass is 500 g/mol. The van der Waals surface area contributed by atoms with E-state index in [-0.39, 0.29) is 29.3 Å². The maximum Gasteiger partial charge on any atom is 0.416 e. The average molecular weight is 501 g/mol. The highest BCUT2D eigenvalue weighted by Gasteiger charge is 2.41. The molecule has 1 aromatic carbocycles. The fourth-order valence-corrected chi connectivity index (χ4v) is 4.69. The van der Waals surface area contributed by atoms with E-state index in [0.717, 1.165) is 43.6 Å². The first-order valence-electron chi connectivity index (χ1n) is 11.5. The third-order valence-electron chi connectivity index (χ3n) is 6.59. The summed E-state index contributed by atoms with van der Waals surface area (Å²) in [6.07, 6.45) is 5.00. The molecule has 2 aliphatic rings. The van der Waals surface area contributed by atoms with E-state index in [2.05, 4.69) is 33.6 Å². The van der Waals surface area contributed by atoms with Crippen LogP contribution in [0.2, 0.25) is 0 Å². The Hall–Kier alpha value is -3.96. The predicted octanol–water partition coefficient (Wildman–Crippen LogP) is 4.90. The molecule has 0 spiro atoms. The number of alkyl halides is 3. The number of rotatable bonds is 5. The maximum atomic E-state index is 14.1. The van der Waals surface area contributed by atoms with Crippen molar-refractivity contribution in [1.29, 1.82) is 0 Å². The lowest BCUT2D eigenvalue weighted by Crippen LogP contribution is -2.50. The number of aromatic nitrogens is 5. The molecule has 1 aliphatic heterocycles. The van der Waals surface area contributed by atoms with Crippen LogP contribution in [0.4, 0.5) is 17.6 Å². The van der Waals surface area contributed by atoms with Gasteiger partial charge in [-0.25, -0.2) is 14.4 Å². The van der Waals surface area contributed by atoms with Gasteiger partial charge in [-0.05, 0) is 43.9 Å². The van der Waals surface area contributed by atoms with Gasteiger partial charge in [0.15, 0.2) is 11.7 Å². The van der Waals surface area contributed by atoms with Crippen LogP contribution in [-0.4, -0.2) is 41.1 Å². The summed E-state index contributed by atoms with van der Waals surface area (Å²) >= 11 is 0. The minimum Gasteiger partial charge on any atom is -0.403 e. The molecule has 2 N–H and O–H groups in total. The van der Waals surface area contributed by atoms with E-state index >= 15 is 0 Å². The number of halogens is 4. The lowest BCUT2D eigenvalue weighted by Gasteiger charge is -2.46. The zero-order chi connectivity index (χ0) is 25.6. The van der Waals surface area contributed by atoms with Crippen molar-refractivity contribution in [3.05, 3.63) is 66.9 Å². The lowest BCUT2D eigenvalue weighted by molar-refractivity contribution is -0.137. The Morgan fingerprint density at radius 3 is 2.69 bits per heavy atom. The number of hydrogen-bond donors (Lipinski definition) is 1. The van der Waals surface area contributed by atoms with Gasteiger partial charge in [-0.2, -0.15) is 13.2 Å². The average Bonchev–Trinajstić information content (AvgIpc) is 3.47. The van der Waals surface area contributed by atoms with E-state index in [1.165, 1.54) is 23.2 Å². The zero-order valence-corrected chi connectivity index (χ0v) is 19.5. The molecule has 1 aliphatic carbocycles. The highest BCUT2D eigenvalue weighted by Crippen LogP contribution is 2.40. The first-order valence-corrected chi connectivity index (χ1v) is 11.5. The Morgan fingerprint density at radius 1 is 1.28 bits per heavy atom. The van der Waals surface area contributed by atoms with Crippen molar-refractivity contribution in [2.75, 3.05) is 0 Å². The largest absolute Gasteiger partial charge is 0.416 e. The van der Waals surface area contributed by atoms with Crippen molar-refractivity contribution in [2.45, 2.75) is 50.9 Å². The molecule has 12 heteroatoms. The number of nitrogens with zero attached hydrogens (tertiary/aromatic N) is 7. The summed E-state index contributed by atoms with van der Waals surface area (Å²) < 4.78 is 57.2. The molecule has 1 saturated carbocycles. The number of aliphatic imine (C=N–C) groups is 1. The third-order valence-corrected chi connectivity index (χ3v) is 6.59. The molecule has 2 aromatic heterocycles. The second-order valence-electron chi connectivity index (χ2n) is 8.73. The van der Waals surface area contributed by atoms with Gasteiger partial charge in [0, 0.05) is 30.2 Å². The molecule has 1 fully saturated rings. The summed E-state index contributed by atoms with van der Waals surface area (Å²) in [5, 5.41) is 8.37. The zero-order valence-electron chi connectivity index (χ0n) is 19.5. The van der Waals surface area contributed by atoms with Crippen LogP contribution in [-0.2, 0) is 6.18 Å². The van der Waals surface area contributed by atoms with Crippen molar-refractivity contribution in [1.82, 2.24) is 29.2 Å². The van der Waals surface area contributed by atoms with E-state index in [4.69, 9.17) is 10.7 Å². The number of nitrogens with two attached hydrogens (primary N) is 1. The van der Waals surface area contributed by atoms with Crippen LogP contribution in [0.5, 0.6) is 0 Å². The smallest absolute Gasteiger partial charge is 0.403 e. The van der Waals surface area contributed by atoms with E-state index in [1.807, 2.05) is 0 Å². The van der Waals surface area contributed by atoms with Crippen LogP contribution in [0.3, 0.4) is 0 Å². The molecule has 0 saturated heterocycles. The summed E-state index contributed by atoms with van der Waals surface area (Å²) in [6, 6.07) is 2.43. The van der Waals surface area contributed by atoms with Gasteiger partial charge in [0.2, 0.25) is 0 Å². The number of benzene rings is 1. The third kappa shape index (κ3) is 3.95. The number of hydrogen-bond acceptors (Lipinski definition) is 5. The van der Waals surface area contributed by atoms with Crippen molar-refractivity contribution in [2.24, 2.45) is 10.7 Å². The standard InChI is InChI=1S/C24H24F4N8/c1-3-19-23-33-31-13-35(23)20(12-29)22(36(19)18-5-4-6-18)32-14(2)34-8-7-30-21(34)15-9-16(24(26,27)28)11-17(25)10-15/h7-13,18-19H,2-6,29H2,1H3/b20-12+,32-22?/t19-/m1/s1. The van der Waals surface area contributed by atoms with Crippen molar-refractivity contribution >= 4 is 17.4 Å². The van der Waals surface area contributed by atoms with Gasteiger partial charge in [0.1, 0.15) is 29.5 Å². The topological polar surface area (TPSA) is 90.1 Å². The second kappa shape index (κ2) is 8.92. The highest BCUT2D eigenvalue weighted by atomic mass is 19.4. The highest BCUT2D eigenvalue weighted by molar-refractivity contribution is 6.19. The van der Waals surface area contributed by atoms with E-state index in [0.29, 0.717) is 17.6 Å². The van der Waals surface area contributed by atoms with Gasteiger partial charge >= 0.3 is 6.18 Å². The Morgan fingerprint density at radius 2 is 2.06 bits per heavy atom. The number of imidazole rings is 1.